The molecule has 0 heterocycles. The smallest absolute Gasteiger partial charge is 0.376 e. The highest BCUT2D eigenvalue weighted by Crippen LogP contribution is 2.35. The molecule has 124 valence electrons. The van der Waals surface area contributed by atoms with Gasteiger partial charge in [0, 0.05) is 17.3 Å². The molecule has 0 saturated carbocycles. The minimum Gasteiger partial charge on any atom is -0.376 e. The van der Waals surface area contributed by atoms with Crippen molar-refractivity contribution in [3.05, 3.63) is 39.9 Å². The first-order chi connectivity index (χ1) is 10.2. The lowest BCUT2D eigenvalue weighted by molar-refractivity contribution is -0.230. The predicted molar refractivity (Wildman–Crippen MR) is 92.2 cm³/mol. The molecule has 1 N–H and O–H groups in total. The summed E-state index contributed by atoms with van der Waals surface area (Å²) in [5, 5.41) is 10.5. The summed E-state index contributed by atoms with van der Waals surface area (Å²) in [6.07, 6.45) is -0.906. The van der Waals surface area contributed by atoms with Crippen LogP contribution in [0.15, 0.2) is 24.3 Å². The first-order valence-electron chi connectivity index (χ1n) is 6.20. The van der Waals surface area contributed by atoms with Crippen LogP contribution in [0.1, 0.15) is 5.56 Å². The Balaban J connectivity index is 2.87. The number of thioether (sulfide) groups is 2. The lowest BCUT2D eigenvalue weighted by atomic mass is 10.0. The molecule has 0 fully saturated rings. The van der Waals surface area contributed by atoms with Gasteiger partial charge in [-0.1, -0.05) is 35.3 Å². The molecule has 1 aromatic rings. The number of rotatable bonds is 7. The Kier molecular flexibility index (Phi) is 7.95. The first kappa shape index (κ1) is 20.0. The van der Waals surface area contributed by atoms with Crippen molar-refractivity contribution in [2.75, 3.05) is 23.5 Å². The molecule has 0 aliphatic rings. The van der Waals surface area contributed by atoms with Crippen LogP contribution < -0.4 is 0 Å². The van der Waals surface area contributed by atoms with Crippen LogP contribution in [0, 0.1) is 0 Å². The van der Waals surface area contributed by atoms with E-state index in [4.69, 9.17) is 23.2 Å². The molecule has 0 radical (unpaired) electrons. The largest absolute Gasteiger partial charge is 0.421 e. The van der Waals surface area contributed by atoms with Gasteiger partial charge in [-0.2, -0.15) is 36.7 Å². The van der Waals surface area contributed by atoms with Gasteiger partial charge in [0.15, 0.2) is 5.60 Å². The summed E-state index contributed by atoms with van der Waals surface area (Å²) in [6.45, 7) is 0. The second kappa shape index (κ2) is 8.73. The zero-order valence-corrected chi connectivity index (χ0v) is 14.8. The van der Waals surface area contributed by atoms with Crippen molar-refractivity contribution in [3.8, 4) is 0 Å². The quantitative estimate of drug-likeness (QED) is 0.629. The molecule has 0 bridgehead atoms. The molecule has 0 saturated heterocycles. The van der Waals surface area contributed by atoms with Crippen molar-refractivity contribution in [1.82, 2.24) is 0 Å². The number of alkyl halides is 3. The zero-order chi connectivity index (χ0) is 16.8. The van der Waals surface area contributed by atoms with Crippen LogP contribution >= 0.6 is 46.7 Å². The fraction of sp³-hybridized carbons (Fsp3) is 0.429. The van der Waals surface area contributed by atoms with Crippen molar-refractivity contribution in [2.45, 2.75) is 11.8 Å². The van der Waals surface area contributed by atoms with Gasteiger partial charge in [0.05, 0.1) is 10.0 Å². The monoisotopic (exact) mass is 390 g/mol. The normalized spacial score (nSPS) is 15.2. The number of hydrogen-bond donors (Lipinski definition) is 1. The van der Waals surface area contributed by atoms with Crippen molar-refractivity contribution >= 4 is 52.8 Å². The number of hydrogen-bond acceptors (Lipinski definition) is 3. The lowest BCUT2D eigenvalue weighted by Gasteiger charge is -2.27. The maximum Gasteiger partial charge on any atom is 0.421 e. The van der Waals surface area contributed by atoms with Crippen LogP contribution in [0.2, 0.25) is 10.0 Å². The molecule has 1 unspecified atom stereocenters. The van der Waals surface area contributed by atoms with Gasteiger partial charge in [0.1, 0.15) is 0 Å². The van der Waals surface area contributed by atoms with Crippen LogP contribution in [0.25, 0.3) is 6.08 Å². The third-order valence-corrected chi connectivity index (χ3v) is 5.49. The van der Waals surface area contributed by atoms with Gasteiger partial charge in [0.2, 0.25) is 0 Å². The van der Waals surface area contributed by atoms with Crippen molar-refractivity contribution < 1.29 is 18.3 Å². The summed E-state index contributed by atoms with van der Waals surface area (Å²) in [5.41, 5.74) is -2.44. The van der Waals surface area contributed by atoms with E-state index in [0.717, 1.165) is 23.6 Å². The van der Waals surface area contributed by atoms with E-state index in [1.54, 1.807) is 11.8 Å². The van der Waals surface area contributed by atoms with Gasteiger partial charge in [-0.15, -0.1) is 0 Å². The van der Waals surface area contributed by atoms with Crippen molar-refractivity contribution in [3.63, 3.8) is 0 Å². The van der Waals surface area contributed by atoms with E-state index in [9.17, 15) is 18.3 Å². The molecule has 0 aromatic heterocycles. The molecular formula is C14H15Cl2F3OS2. The molecule has 0 aliphatic carbocycles. The van der Waals surface area contributed by atoms with Crippen LogP contribution in [-0.4, -0.2) is 40.4 Å². The van der Waals surface area contributed by atoms with Gasteiger partial charge in [-0.05, 0) is 30.0 Å². The summed E-state index contributed by atoms with van der Waals surface area (Å²) in [4.78, 5) is 0. The van der Waals surface area contributed by atoms with E-state index in [1.807, 2.05) is 6.26 Å². The van der Waals surface area contributed by atoms with Gasteiger partial charge >= 0.3 is 6.18 Å². The Morgan fingerprint density at radius 2 is 1.86 bits per heavy atom. The van der Waals surface area contributed by atoms with Gasteiger partial charge in [-0.25, -0.2) is 0 Å². The summed E-state index contributed by atoms with van der Waals surface area (Å²) in [6, 6.07) is 4.46. The minimum atomic E-state index is -4.74. The highest BCUT2D eigenvalue weighted by atomic mass is 35.5. The Hall–Kier alpha value is -0.0100. The van der Waals surface area contributed by atoms with Crippen LogP contribution in [-0.2, 0) is 0 Å². The second-order valence-corrected chi connectivity index (χ2v) is 7.38. The van der Waals surface area contributed by atoms with Crippen LogP contribution in [0.3, 0.4) is 0 Å². The van der Waals surface area contributed by atoms with Crippen molar-refractivity contribution in [2.24, 2.45) is 0 Å². The van der Waals surface area contributed by atoms with Crippen LogP contribution in [0.4, 0.5) is 13.2 Å². The molecular weight excluding hydrogens is 376 g/mol. The third kappa shape index (κ3) is 5.89. The maximum absolute atomic E-state index is 13.1. The molecule has 0 amide bonds. The number of aliphatic hydroxyl groups is 1. The Morgan fingerprint density at radius 1 is 1.18 bits per heavy atom. The molecule has 1 aromatic carbocycles. The summed E-state index contributed by atoms with van der Waals surface area (Å²) in [7, 11) is 0. The average Bonchev–Trinajstić information content (AvgIpc) is 2.44. The molecule has 22 heavy (non-hydrogen) atoms. The summed E-state index contributed by atoms with van der Waals surface area (Å²) in [5.74, 6) is 0.824. The van der Waals surface area contributed by atoms with E-state index < -0.39 is 17.5 Å². The van der Waals surface area contributed by atoms with Gasteiger partial charge in [-0.3, -0.25) is 0 Å². The zero-order valence-electron chi connectivity index (χ0n) is 11.7. The molecule has 0 spiro atoms. The van der Waals surface area contributed by atoms with Gasteiger partial charge < -0.3 is 5.11 Å². The van der Waals surface area contributed by atoms with E-state index >= 15 is 0 Å². The summed E-state index contributed by atoms with van der Waals surface area (Å²) < 4.78 is 39.3. The highest BCUT2D eigenvalue weighted by molar-refractivity contribution is 8.02. The van der Waals surface area contributed by atoms with E-state index in [1.165, 1.54) is 24.3 Å². The second-order valence-electron chi connectivity index (χ2n) is 4.47. The molecule has 1 nitrogen and oxygen atoms in total. The molecule has 1 atom stereocenters. The van der Waals surface area contributed by atoms with Crippen LogP contribution in [0.5, 0.6) is 0 Å². The van der Waals surface area contributed by atoms with E-state index in [-0.39, 0.29) is 5.02 Å². The SMILES string of the molecule is CSCCSCC(O)(/C=C/c1ccc(Cl)c(Cl)c1)C(F)(F)F. The van der Waals surface area contributed by atoms with Gasteiger partial charge in [0.25, 0.3) is 0 Å². The maximum atomic E-state index is 13.1. The van der Waals surface area contributed by atoms with Crippen molar-refractivity contribution in [1.29, 1.82) is 0 Å². The lowest BCUT2D eigenvalue weighted by Crippen LogP contribution is -2.45. The fourth-order valence-electron chi connectivity index (χ4n) is 1.44. The third-order valence-electron chi connectivity index (χ3n) is 2.74. The highest BCUT2D eigenvalue weighted by Gasteiger charge is 2.51. The number of halogens is 5. The topological polar surface area (TPSA) is 20.2 Å². The average molecular weight is 391 g/mol. The summed E-state index contributed by atoms with van der Waals surface area (Å²) >= 11 is 14.2. The standard InChI is InChI=1S/C14H15Cl2F3OS2/c1-21-6-7-22-9-13(20,14(17,18)19)5-4-10-2-3-11(15)12(16)8-10/h2-5,8,20H,6-7,9H2,1H3/b5-4+. The Labute approximate surface area is 146 Å². The fourth-order valence-corrected chi connectivity index (χ4v) is 3.60. The predicted octanol–water partition coefficient (Wildman–Crippen LogP) is 5.40. The molecule has 0 aliphatic heterocycles. The van der Waals surface area contributed by atoms with E-state index in [0.29, 0.717) is 16.3 Å². The molecule has 1 rings (SSSR count). The Morgan fingerprint density at radius 3 is 2.41 bits per heavy atom. The Bertz CT molecular complexity index is 523. The first-order valence-corrected chi connectivity index (χ1v) is 9.50. The minimum absolute atomic E-state index is 0.244. The molecule has 8 heteroatoms. The van der Waals surface area contributed by atoms with E-state index in [2.05, 4.69) is 0 Å². The number of benzene rings is 1.